The van der Waals surface area contributed by atoms with Crippen molar-refractivity contribution in [2.75, 3.05) is 43.4 Å². The lowest BCUT2D eigenvalue weighted by molar-refractivity contribution is -0.149. The Morgan fingerprint density at radius 2 is 1.68 bits per heavy atom. The first-order valence-corrected chi connectivity index (χ1v) is 23.8. The number of benzene rings is 3. The fraction of sp³-hybridized carbons (Fsp3) is 0.408. The van der Waals surface area contributed by atoms with Gasteiger partial charge in [0.15, 0.2) is 11.2 Å². The Bertz CT molecular complexity index is 2700. The molecule has 5 fully saturated rings. The maximum atomic E-state index is 15.9. The summed E-state index contributed by atoms with van der Waals surface area (Å²) in [6.07, 6.45) is 9.37. The van der Waals surface area contributed by atoms with Gasteiger partial charge in [-0.15, -0.1) is 11.3 Å². The molecule has 3 N–H and O–H groups in total. The summed E-state index contributed by atoms with van der Waals surface area (Å²) >= 11 is 1.28. The van der Waals surface area contributed by atoms with Crippen LogP contribution in [0.15, 0.2) is 78.6 Å². The Labute approximate surface area is 384 Å². The number of ether oxygens (including phenoxy) is 1. The van der Waals surface area contributed by atoms with Crippen LogP contribution >= 0.6 is 11.3 Å². The number of hydrogen-bond acceptors (Lipinski definition) is 11. The normalized spacial score (nSPS) is 22.4. The lowest BCUT2D eigenvalue weighted by Gasteiger charge is -2.50. The predicted molar refractivity (Wildman–Crippen MR) is 243 cm³/mol. The summed E-state index contributed by atoms with van der Waals surface area (Å²) < 4.78 is 24.3. The molecule has 5 aromatic rings. The predicted octanol–water partition coefficient (Wildman–Crippen LogP) is 5.89. The van der Waals surface area contributed by atoms with Gasteiger partial charge in [0.2, 0.25) is 11.8 Å². The van der Waals surface area contributed by atoms with Crippen LogP contribution in [0.1, 0.15) is 89.8 Å². The Kier molecular flexibility index (Phi) is 10.9. The highest BCUT2D eigenvalue weighted by atomic mass is 32.1. The van der Waals surface area contributed by atoms with Crippen LogP contribution in [0.5, 0.6) is 5.75 Å². The second-order valence-electron chi connectivity index (χ2n) is 18.6. The minimum absolute atomic E-state index is 0.0334. The summed E-state index contributed by atoms with van der Waals surface area (Å²) in [6.45, 7) is 4.19. The van der Waals surface area contributed by atoms with E-state index < -0.39 is 29.2 Å². The van der Waals surface area contributed by atoms with E-state index in [2.05, 4.69) is 43.0 Å². The van der Waals surface area contributed by atoms with E-state index in [4.69, 9.17) is 4.74 Å². The number of hydrogen-bond donors (Lipinski definition) is 3. The minimum Gasteiger partial charge on any atom is -0.490 e. The lowest BCUT2D eigenvalue weighted by atomic mass is 9.64. The van der Waals surface area contributed by atoms with Gasteiger partial charge in [0, 0.05) is 67.9 Å². The average Bonchev–Trinajstić information content (AvgIpc) is 4.13. The van der Waals surface area contributed by atoms with Crippen LogP contribution in [0.4, 0.5) is 15.2 Å². The number of rotatable bonds is 12. The molecule has 8 heterocycles. The molecule has 12 rings (SSSR count). The summed E-state index contributed by atoms with van der Waals surface area (Å²) in [4.78, 5) is 79.8. The van der Waals surface area contributed by atoms with Crippen LogP contribution in [-0.2, 0) is 38.7 Å². The molecule has 2 aromatic heterocycles. The van der Waals surface area contributed by atoms with E-state index in [1.807, 2.05) is 51.9 Å². The number of fused-ring (bicyclic) bond motifs is 4. The van der Waals surface area contributed by atoms with E-state index in [1.165, 1.54) is 27.9 Å². The molecule has 4 saturated heterocycles. The van der Waals surface area contributed by atoms with Crippen LogP contribution in [0.2, 0.25) is 0 Å². The van der Waals surface area contributed by atoms with Gasteiger partial charge >= 0.3 is 0 Å². The van der Waals surface area contributed by atoms with Gasteiger partial charge in [0.25, 0.3) is 17.7 Å². The van der Waals surface area contributed by atoms with Crippen molar-refractivity contribution < 1.29 is 33.1 Å². The SMILES string of the molecule is O=C1NC(=O)C2(Nc3ccc(C4CCN(CC(=O)N5CCC(Oc6ccc(-c7cc(F)c8c(c7)CN(C(C(=O)Nc7nccs7)c7ncn9c7CCC9)C8=O)cc6)CC5)CC4)cc3)CC1C2. The standard InChI is InChI=1S/C49H50FN9O6S/c50-38-23-32(22-33-26-59(46(63)41(33)38)43(45(62)54-48-51-15-21-66-48)42-39-2-1-16-58(39)28-52-42)30-5-9-36(10-6-30)65-37-13-19-57(20-14-37)40(60)27-56-17-11-31(12-18-56)29-3-7-35(8-4-29)55-49-24-34(25-49)44(61)53-47(49)64/h3-10,15,21-23,28,31,34,37,43,55H,1-2,11-14,16-20,24-27H2,(H,51,54,62)(H,53,61,64). The number of aromatic nitrogens is 3. The summed E-state index contributed by atoms with van der Waals surface area (Å²) in [5.74, 6) is -0.880. The summed E-state index contributed by atoms with van der Waals surface area (Å²) in [5.41, 5.74) is 4.71. The zero-order valence-corrected chi connectivity index (χ0v) is 37.2. The number of piperidine rings is 4. The Hall–Kier alpha value is -6.46. The van der Waals surface area contributed by atoms with Crippen LogP contribution in [-0.4, -0.2) is 103 Å². The number of imide groups is 1. The number of aryl methyl sites for hydroxylation is 1. The van der Waals surface area contributed by atoms with Gasteiger partial charge in [-0.3, -0.25) is 39.5 Å². The van der Waals surface area contributed by atoms with E-state index in [9.17, 15) is 24.0 Å². The Balaban J connectivity index is 0.657. The number of nitrogens with one attached hydrogen (secondary N) is 3. The van der Waals surface area contributed by atoms with Crippen molar-refractivity contribution in [2.45, 2.75) is 88.1 Å². The first-order valence-electron chi connectivity index (χ1n) is 23.0. The molecule has 17 heteroatoms. The van der Waals surface area contributed by atoms with Gasteiger partial charge < -0.3 is 24.4 Å². The third kappa shape index (κ3) is 7.91. The molecule has 3 aromatic carbocycles. The first kappa shape index (κ1) is 42.2. The first-order chi connectivity index (χ1) is 32.1. The molecular formula is C49H50FN9O6S. The molecule has 1 saturated carbocycles. The number of carbonyl (C=O) groups is 5. The molecule has 66 heavy (non-hydrogen) atoms. The lowest BCUT2D eigenvalue weighted by Crippen LogP contribution is -2.69. The van der Waals surface area contributed by atoms with Crippen LogP contribution in [0, 0.1) is 11.7 Å². The minimum atomic E-state index is -1.06. The third-order valence-corrected chi connectivity index (χ3v) is 15.2. The highest BCUT2D eigenvalue weighted by Gasteiger charge is 2.57. The molecule has 2 bridgehead atoms. The number of amides is 5. The van der Waals surface area contributed by atoms with Gasteiger partial charge in [-0.2, -0.15) is 0 Å². The quantitative estimate of drug-likeness (QED) is 0.128. The van der Waals surface area contributed by atoms with Gasteiger partial charge in [0.1, 0.15) is 23.2 Å². The number of thiazole rings is 1. The van der Waals surface area contributed by atoms with Crippen molar-refractivity contribution in [1.82, 2.24) is 34.6 Å². The molecule has 340 valence electrons. The second-order valence-corrected chi connectivity index (χ2v) is 19.4. The average molecular weight is 912 g/mol. The van der Waals surface area contributed by atoms with E-state index >= 15 is 4.39 Å². The van der Waals surface area contributed by atoms with Crippen molar-refractivity contribution in [3.8, 4) is 16.9 Å². The summed E-state index contributed by atoms with van der Waals surface area (Å²) in [6, 6.07) is 17.9. The number of likely N-dealkylation sites (tertiary alicyclic amines) is 2. The smallest absolute Gasteiger partial charge is 0.258 e. The molecule has 7 aliphatic rings. The van der Waals surface area contributed by atoms with E-state index in [-0.39, 0.29) is 41.9 Å². The van der Waals surface area contributed by atoms with Crippen molar-refractivity contribution >= 4 is 51.7 Å². The van der Waals surface area contributed by atoms with Gasteiger partial charge in [-0.1, -0.05) is 24.3 Å². The maximum absolute atomic E-state index is 15.9. The zero-order chi connectivity index (χ0) is 45.1. The van der Waals surface area contributed by atoms with Crippen LogP contribution in [0.25, 0.3) is 11.1 Å². The molecule has 1 atom stereocenters. The Morgan fingerprint density at radius 1 is 0.909 bits per heavy atom. The van der Waals surface area contributed by atoms with E-state index in [1.54, 1.807) is 17.9 Å². The molecule has 15 nitrogen and oxygen atoms in total. The van der Waals surface area contributed by atoms with Gasteiger partial charge in [0.05, 0.1) is 24.1 Å². The van der Waals surface area contributed by atoms with Crippen molar-refractivity contribution in [1.29, 1.82) is 0 Å². The second kappa shape index (κ2) is 17.1. The van der Waals surface area contributed by atoms with Gasteiger partial charge in [-0.25, -0.2) is 14.4 Å². The molecule has 1 aliphatic carbocycles. The monoisotopic (exact) mass is 911 g/mol. The molecule has 0 spiro atoms. The highest BCUT2D eigenvalue weighted by molar-refractivity contribution is 7.13. The third-order valence-electron chi connectivity index (χ3n) is 14.5. The number of anilines is 2. The number of imidazole rings is 1. The van der Waals surface area contributed by atoms with Crippen molar-refractivity contribution in [3.05, 3.63) is 112 Å². The van der Waals surface area contributed by atoms with Crippen LogP contribution in [0.3, 0.4) is 0 Å². The Morgan fingerprint density at radius 3 is 2.41 bits per heavy atom. The topological polar surface area (TPSA) is 171 Å². The fourth-order valence-corrected chi connectivity index (χ4v) is 11.4. The number of nitrogens with zero attached hydrogens (tertiary/aromatic N) is 6. The molecule has 5 amide bonds. The van der Waals surface area contributed by atoms with E-state index in [0.29, 0.717) is 66.1 Å². The highest BCUT2D eigenvalue weighted by Crippen LogP contribution is 2.44. The van der Waals surface area contributed by atoms with Crippen molar-refractivity contribution in [3.63, 3.8) is 0 Å². The maximum Gasteiger partial charge on any atom is 0.258 e. The van der Waals surface area contributed by atoms with E-state index in [0.717, 1.165) is 75.1 Å². The van der Waals surface area contributed by atoms with Crippen LogP contribution < -0.4 is 20.7 Å². The van der Waals surface area contributed by atoms with Crippen molar-refractivity contribution in [2.24, 2.45) is 5.92 Å². The summed E-state index contributed by atoms with van der Waals surface area (Å²) in [5, 5.41) is 10.9. The largest absolute Gasteiger partial charge is 0.490 e. The molecule has 1 unspecified atom stereocenters. The number of carbonyl (C=O) groups excluding carboxylic acids is 5. The zero-order valence-electron chi connectivity index (χ0n) is 36.3. The van der Waals surface area contributed by atoms with Gasteiger partial charge in [-0.05, 0) is 116 Å². The fourth-order valence-electron chi connectivity index (χ4n) is 10.8. The molecule has 0 radical (unpaired) electrons. The molecular weight excluding hydrogens is 862 g/mol. The summed E-state index contributed by atoms with van der Waals surface area (Å²) in [7, 11) is 0. The molecule has 6 aliphatic heterocycles. The number of halogens is 1.